The number of benzene rings is 1. The van der Waals surface area contributed by atoms with Crippen LogP contribution in [0, 0.1) is 0 Å². The second-order valence-corrected chi connectivity index (χ2v) is 6.78. The Balaban J connectivity index is 0.00000480. The maximum Gasteiger partial charge on any atom is 0.151 e. The smallest absolute Gasteiger partial charge is 0.151 e. The molecule has 1 aromatic heterocycles. The number of hydrogen-bond donors (Lipinski definition) is 1. The maximum atomic E-state index is 4.62. The van der Waals surface area contributed by atoms with Crippen molar-refractivity contribution in [3.63, 3.8) is 0 Å². The number of nitrogens with zero attached hydrogens (tertiary/aromatic N) is 4. The molecule has 1 heterocycles. The second kappa shape index (κ2) is 13.7. The Hall–Kier alpha value is -3.47. The first-order valence-electron chi connectivity index (χ1n) is 10.1. The van der Waals surface area contributed by atoms with E-state index in [2.05, 4.69) is 52.1 Å². The molecule has 5 nitrogen and oxygen atoms in total. The fourth-order valence-corrected chi connectivity index (χ4v) is 2.73. The molecular weight excluding hydrogens is 382 g/mol. The van der Waals surface area contributed by atoms with Gasteiger partial charge in [0.1, 0.15) is 0 Å². The highest BCUT2D eigenvalue weighted by Gasteiger charge is 2.05. The van der Waals surface area contributed by atoms with Crippen molar-refractivity contribution in [2.45, 2.75) is 48.1 Å². The van der Waals surface area contributed by atoms with E-state index in [1.165, 1.54) is 5.56 Å². The minimum Gasteiger partial charge on any atom is -0.339 e. The van der Waals surface area contributed by atoms with E-state index in [0.29, 0.717) is 5.84 Å². The highest BCUT2D eigenvalue weighted by atomic mass is 15.3. The summed E-state index contributed by atoms with van der Waals surface area (Å²) in [4.78, 5) is 9.14. The van der Waals surface area contributed by atoms with Crippen LogP contribution in [0.1, 0.15) is 47.1 Å². The quantitative estimate of drug-likeness (QED) is 0.277. The van der Waals surface area contributed by atoms with Crippen LogP contribution in [0.3, 0.4) is 0 Å². The first-order valence-corrected chi connectivity index (χ1v) is 10.1. The molecule has 0 spiro atoms. The zero-order valence-electron chi connectivity index (χ0n) is 18.3. The normalized spacial score (nSPS) is 13.3. The number of aromatic nitrogens is 2. The van der Waals surface area contributed by atoms with Crippen LogP contribution in [0.15, 0.2) is 101 Å². The van der Waals surface area contributed by atoms with E-state index in [1.54, 1.807) is 12.4 Å². The Labute approximate surface area is 187 Å². The molecule has 1 N–H and O–H groups in total. The molecule has 31 heavy (non-hydrogen) atoms. The van der Waals surface area contributed by atoms with Crippen molar-refractivity contribution in [1.82, 2.24) is 9.78 Å². The van der Waals surface area contributed by atoms with Crippen molar-refractivity contribution in [3.05, 3.63) is 96.6 Å². The second-order valence-electron chi connectivity index (χ2n) is 6.78. The number of amidine groups is 1. The molecule has 2 aromatic rings. The van der Waals surface area contributed by atoms with Gasteiger partial charge in [0.05, 0.1) is 12.3 Å². The SMILES string of the molecule is C.C=CC(=C\CC)/C(C)=C/N=C(C)C(=N/C=C\C)Nc1ccc(Cn2cccn2)cc1. The Morgan fingerprint density at radius 3 is 2.52 bits per heavy atom. The Morgan fingerprint density at radius 1 is 1.19 bits per heavy atom. The van der Waals surface area contributed by atoms with Crippen molar-refractivity contribution in [2.75, 3.05) is 5.32 Å². The third kappa shape index (κ3) is 8.42. The maximum absolute atomic E-state index is 4.62. The predicted octanol–water partition coefficient (Wildman–Crippen LogP) is 6.80. The van der Waals surface area contributed by atoms with E-state index >= 15 is 0 Å². The van der Waals surface area contributed by atoms with E-state index in [1.807, 2.05) is 68.2 Å². The van der Waals surface area contributed by atoms with E-state index in [0.717, 1.165) is 35.5 Å². The number of hydrogen-bond acceptors (Lipinski definition) is 3. The molecule has 0 amide bonds. The minimum absolute atomic E-state index is 0. The lowest BCUT2D eigenvalue weighted by Crippen LogP contribution is -2.20. The summed E-state index contributed by atoms with van der Waals surface area (Å²) in [7, 11) is 0. The third-order valence-corrected chi connectivity index (χ3v) is 4.37. The average molecular weight is 418 g/mol. The zero-order chi connectivity index (χ0) is 21.8. The lowest BCUT2D eigenvalue weighted by molar-refractivity contribution is 0.687. The molecular formula is C26H35N5. The molecule has 2 rings (SSSR count). The van der Waals surface area contributed by atoms with Crippen LogP contribution < -0.4 is 5.32 Å². The predicted molar refractivity (Wildman–Crippen MR) is 136 cm³/mol. The zero-order valence-corrected chi connectivity index (χ0v) is 18.3. The lowest BCUT2D eigenvalue weighted by Gasteiger charge is -2.10. The fraction of sp³-hybridized carbons (Fsp3) is 0.269. The molecule has 5 heteroatoms. The van der Waals surface area contributed by atoms with Gasteiger partial charge in [-0.1, -0.05) is 51.3 Å². The van der Waals surface area contributed by atoms with Gasteiger partial charge in [-0.15, -0.1) is 0 Å². The van der Waals surface area contributed by atoms with Gasteiger partial charge in [-0.3, -0.25) is 9.67 Å². The molecule has 0 unspecified atom stereocenters. The van der Waals surface area contributed by atoms with Gasteiger partial charge in [0.15, 0.2) is 5.84 Å². The molecule has 0 saturated heterocycles. The van der Waals surface area contributed by atoms with E-state index in [-0.39, 0.29) is 7.43 Å². The average Bonchev–Trinajstić information content (AvgIpc) is 3.27. The van der Waals surface area contributed by atoms with Crippen LogP contribution >= 0.6 is 0 Å². The van der Waals surface area contributed by atoms with Crippen molar-refractivity contribution in [1.29, 1.82) is 0 Å². The number of aliphatic imine (C=N–C) groups is 2. The summed E-state index contributed by atoms with van der Waals surface area (Å²) in [6.45, 7) is 12.7. The summed E-state index contributed by atoms with van der Waals surface area (Å²) >= 11 is 0. The summed E-state index contributed by atoms with van der Waals surface area (Å²) in [6, 6.07) is 10.2. The molecule has 0 aliphatic heterocycles. The topological polar surface area (TPSA) is 54.6 Å². The monoisotopic (exact) mass is 417 g/mol. The van der Waals surface area contributed by atoms with Gasteiger partial charge >= 0.3 is 0 Å². The Bertz CT molecular complexity index is 956. The number of allylic oxidation sites excluding steroid dienone is 5. The summed E-state index contributed by atoms with van der Waals surface area (Å²) in [5.74, 6) is 0.705. The van der Waals surface area contributed by atoms with Crippen LogP contribution in [0.4, 0.5) is 5.69 Å². The third-order valence-electron chi connectivity index (χ3n) is 4.37. The van der Waals surface area contributed by atoms with Gasteiger partial charge in [0.2, 0.25) is 0 Å². The van der Waals surface area contributed by atoms with Crippen molar-refractivity contribution < 1.29 is 0 Å². The molecule has 0 saturated carbocycles. The van der Waals surface area contributed by atoms with Crippen LogP contribution in [0.25, 0.3) is 0 Å². The number of nitrogens with one attached hydrogen (secondary N) is 1. The van der Waals surface area contributed by atoms with Crippen molar-refractivity contribution in [2.24, 2.45) is 9.98 Å². The van der Waals surface area contributed by atoms with Gasteiger partial charge < -0.3 is 5.32 Å². The molecule has 0 radical (unpaired) electrons. The summed E-state index contributed by atoms with van der Waals surface area (Å²) in [5.41, 5.74) is 5.10. The van der Waals surface area contributed by atoms with Gasteiger partial charge in [0, 0.05) is 30.5 Å². The van der Waals surface area contributed by atoms with E-state index < -0.39 is 0 Å². The number of anilines is 1. The minimum atomic E-state index is 0. The summed E-state index contributed by atoms with van der Waals surface area (Å²) in [5, 5.41) is 7.62. The molecule has 0 atom stereocenters. The van der Waals surface area contributed by atoms with Gasteiger partial charge in [-0.05, 0) is 62.1 Å². The Morgan fingerprint density at radius 2 is 1.94 bits per heavy atom. The molecule has 0 bridgehead atoms. The molecule has 0 aliphatic carbocycles. The van der Waals surface area contributed by atoms with Gasteiger partial charge in [-0.2, -0.15) is 5.10 Å². The van der Waals surface area contributed by atoms with Crippen LogP contribution in [-0.2, 0) is 6.54 Å². The van der Waals surface area contributed by atoms with Crippen molar-refractivity contribution >= 4 is 17.2 Å². The van der Waals surface area contributed by atoms with Crippen LogP contribution in [0.2, 0.25) is 0 Å². The molecule has 164 valence electrons. The highest BCUT2D eigenvalue weighted by Crippen LogP contribution is 2.13. The van der Waals surface area contributed by atoms with Gasteiger partial charge in [0.25, 0.3) is 0 Å². The highest BCUT2D eigenvalue weighted by molar-refractivity contribution is 6.45. The molecule has 0 aliphatic rings. The Kier molecular flexibility index (Phi) is 11.3. The largest absolute Gasteiger partial charge is 0.339 e. The lowest BCUT2D eigenvalue weighted by atomic mass is 10.1. The summed E-state index contributed by atoms with van der Waals surface area (Å²) < 4.78 is 1.90. The van der Waals surface area contributed by atoms with Crippen LogP contribution in [-0.4, -0.2) is 21.3 Å². The number of rotatable bonds is 9. The first kappa shape index (κ1) is 25.6. The molecule has 1 aromatic carbocycles. The van der Waals surface area contributed by atoms with Crippen molar-refractivity contribution in [3.8, 4) is 0 Å². The standard InChI is InChI=1S/C25H31N5.CH4/c1-6-10-23(8-3)20(4)18-27-21(5)25(26-15-7-2)29-24-13-11-22(12-14-24)19-30-17-9-16-28-30;/h7-18H,3,6,19H2,1-2,4-5H3,(H,26,29);1H4/b15-7-,20-18+,23-10+,27-21?;. The fourth-order valence-electron chi connectivity index (χ4n) is 2.73. The summed E-state index contributed by atoms with van der Waals surface area (Å²) in [6.07, 6.45) is 14.2. The van der Waals surface area contributed by atoms with E-state index in [4.69, 9.17) is 0 Å². The first-order chi connectivity index (χ1) is 14.6. The van der Waals surface area contributed by atoms with Crippen LogP contribution in [0.5, 0.6) is 0 Å². The van der Waals surface area contributed by atoms with E-state index in [9.17, 15) is 0 Å². The molecule has 0 fully saturated rings. The van der Waals surface area contributed by atoms with Gasteiger partial charge in [-0.25, -0.2) is 4.99 Å².